The maximum absolute atomic E-state index is 13.2. The molecule has 2 aromatic heterocycles. The molecule has 0 radical (unpaired) electrons. The van der Waals surface area contributed by atoms with Crippen LogP contribution in [-0.2, 0) is 32.2 Å². The van der Waals surface area contributed by atoms with E-state index in [-0.39, 0.29) is 55.1 Å². The Kier molecular flexibility index (Phi) is 9.69. The Morgan fingerprint density at radius 3 is 2.28 bits per heavy atom. The van der Waals surface area contributed by atoms with Crippen molar-refractivity contribution in [2.75, 3.05) is 31.6 Å². The molecular formula is C34H31N7O9. The summed E-state index contributed by atoms with van der Waals surface area (Å²) in [4.78, 5) is 73.9. The van der Waals surface area contributed by atoms with Gasteiger partial charge in [0.05, 0.1) is 6.33 Å². The number of phenols is 1. The number of aromatic amines is 1. The zero-order valence-corrected chi connectivity index (χ0v) is 26.4. The van der Waals surface area contributed by atoms with Crippen molar-refractivity contribution in [3.63, 3.8) is 0 Å². The van der Waals surface area contributed by atoms with Gasteiger partial charge in [-0.05, 0) is 39.9 Å². The zero-order chi connectivity index (χ0) is 35.2. The molecule has 0 saturated heterocycles. The number of aromatic hydroxyl groups is 1. The average molecular weight is 682 g/mol. The number of phenolic OH excluding ortho intramolecular Hbond substituents is 1. The monoisotopic (exact) mass is 681 g/mol. The Bertz CT molecular complexity index is 2080. The highest BCUT2D eigenvalue weighted by Crippen LogP contribution is 2.44. The first-order valence-corrected chi connectivity index (χ1v) is 15.4. The van der Waals surface area contributed by atoms with Crippen molar-refractivity contribution < 1.29 is 38.9 Å². The summed E-state index contributed by atoms with van der Waals surface area (Å²) in [5.41, 5.74) is 4.00. The number of hydrogen-bond acceptors (Lipinski definition) is 10. The Morgan fingerprint density at radius 2 is 1.60 bits per heavy atom. The van der Waals surface area contributed by atoms with Crippen molar-refractivity contribution in [2.24, 2.45) is 0 Å². The van der Waals surface area contributed by atoms with Crippen LogP contribution in [0.3, 0.4) is 0 Å². The van der Waals surface area contributed by atoms with Gasteiger partial charge in [-0.1, -0.05) is 60.7 Å². The smallest absolute Gasteiger partial charge is 0.414 e. The summed E-state index contributed by atoms with van der Waals surface area (Å²) < 4.78 is 11.9. The van der Waals surface area contributed by atoms with Crippen LogP contribution in [0.25, 0.3) is 22.3 Å². The molecule has 0 bridgehead atoms. The van der Waals surface area contributed by atoms with E-state index in [2.05, 4.69) is 25.6 Å². The molecular weight excluding hydrogens is 650 g/mol. The SMILES string of the molecule is O=C(O)CN(CCNC(=O)OCC1c2ccccc2-c2ccccc21)C(=O)Cn1cnc2c(=O)[nH]c(NC(=O)OCc3ccc(O)cc3)nc21. The number of nitrogens with zero attached hydrogens (tertiary/aromatic N) is 4. The average Bonchev–Trinajstić information content (AvgIpc) is 3.65. The Balaban J connectivity index is 1.04. The quantitative estimate of drug-likeness (QED) is 0.129. The van der Waals surface area contributed by atoms with Gasteiger partial charge in [0.1, 0.15) is 32.1 Å². The van der Waals surface area contributed by atoms with Crippen molar-refractivity contribution in [1.29, 1.82) is 0 Å². The third-order valence-corrected chi connectivity index (χ3v) is 7.98. The standard InChI is InChI=1S/C34H31N7O9/c42-21-11-9-20(10-12-21)17-49-34(48)39-32-37-30-29(31(46)38-32)36-19-41(30)15-27(43)40(16-28(44)45)14-13-35-33(47)50-18-26-24-7-3-1-5-22(24)23-6-2-4-8-25(23)26/h1-12,19,26,42H,13-18H2,(H,35,47)(H,44,45)(H2,37,38,39,46,48). The third kappa shape index (κ3) is 7.54. The second-order valence-electron chi connectivity index (χ2n) is 11.3. The molecule has 0 aliphatic heterocycles. The van der Waals surface area contributed by atoms with Crippen LogP contribution in [0.1, 0.15) is 22.6 Å². The molecule has 0 spiro atoms. The number of rotatable bonds is 12. The maximum Gasteiger partial charge on any atom is 0.414 e. The molecule has 6 rings (SSSR count). The number of aromatic nitrogens is 4. The number of aliphatic carboxylic acids is 1. The minimum absolute atomic E-state index is 0.0528. The van der Waals surface area contributed by atoms with Crippen LogP contribution < -0.4 is 16.2 Å². The highest BCUT2D eigenvalue weighted by Gasteiger charge is 2.29. The summed E-state index contributed by atoms with van der Waals surface area (Å²) in [6, 6.07) is 21.8. The van der Waals surface area contributed by atoms with Gasteiger partial charge in [-0.3, -0.25) is 24.7 Å². The van der Waals surface area contributed by atoms with Crippen molar-refractivity contribution in [1.82, 2.24) is 29.7 Å². The van der Waals surface area contributed by atoms with E-state index in [1.807, 2.05) is 48.5 Å². The highest BCUT2D eigenvalue weighted by molar-refractivity contribution is 5.85. The van der Waals surface area contributed by atoms with Gasteiger partial charge in [-0.15, -0.1) is 0 Å². The molecule has 16 nitrogen and oxygen atoms in total. The van der Waals surface area contributed by atoms with Crippen molar-refractivity contribution in [3.8, 4) is 16.9 Å². The number of ether oxygens (including phenoxy) is 2. The molecule has 1 aliphatic rings. The molecule has 16 heteroatoms. The maximum atomic E-state index is 13.2. The first-order chi connectivity index (χ1) is 24.2. The van der Waals surface area contributed by atoms with Gasteiger partial charge in [0.15, 0.2) is 11.2 Å². The number of fused-ring (bicyclic) bond motifs is 4. The van der Waals surface area contributed by atoms with Gasteiger partial charge in [0.2, 0.25) is 11.9 Å². The van der Waals surface area contributed by atoms with Crippen molar-refractivity contribution in [2.45, 2.75) is 19.1 Å². The second kappa shape index (κ2) is 14.6. The van der Waals surface area contributed by atoms with E-state index in [1.54, 1.807) is 12.1 Å². The minimum atomic E-state index is -1.28. The van der Waals surface area contributed by atoms with E-state index in [1.165, 1.54) is 23.0 Å². The number of alkyl carbamates (subject to hydrolysis) is 1. The second-order valence-corrected chi connectivity index (χ2v) is 11.3. The van der Waals surface area contributed by atoms with Crippen molar-refractivity contribution in [3.05, 3.63) is 106 Å². The van der Waals surface area contributed by atoms with Gasteiger partial charge < -0.3 is 34.5 Å². The third-order valence-electron chi connectivity index (χ3n) is 7.98. The van der Waals surface area contributed by atoms with E-state index in [0.717, 1.165) is 27.2 Å². The number of imidazole rings is 1. The fourth-order valence-electron chi connectivity index (χ4n) is 5.65. The normalized spacial score (nSPS) is 11.8. The number of hydrogen-bond donors (Lipinski definition) is 5. The van der Waals surface area contributed by atoms with E-state index < -0.39 is 42.7 Å². The van der Waals surface area contributed by atoms with Crippen LogP contribution in [0.15, 0.2) is 83.9 Å². The topological polar surface area (TPSA) is 218 Å². The Hall–Kier alpha value is -6.71. The van der Waals surface area contributed by atoms with Gasteiger partial charge >= 0.3 is 18.2 Å². The van der Waals surface area contributed by atoms with Crippen molar-refractivity contribution >= 4 is 41.2 Å². The van der Waals surface area contributed by atoms with Gasteiger partial charge in [0, 0.05) is 19.0 Å². The first-order valence-electron chi connectivity index (χ1n) is 15.4. The largest absolute Gasteiger partial charge is 0.508 e. The van der Waals surface area contributed by atoms with E-state index in [0.29, 0.717) is 5.56 Å². The lowest BCUT2D eigenvalue weighted by Crippen LogP contribution is -2.42. The molecule has 2 heterocycles. The number of anilines is 1. The summed E-state index contributed by atoms with van der Waals surface area (Å²) in [7, 11) is 0. The van der Waals surface area contributed by atoms with Crippen LogP contribution in [0.4, 0.5) is 15.5 Å². The fraction of sp³-hybridized carbons (Fsp3) is 0.206. The molecule has 0 fully saturated rings. The van der Waals surface area contributed by atoms with E-state index >= 15 is 0 Å². The van der Waals surface area contributed by atoms with Gasteiger partial charge in [0.25, 0.3) is 5.56 Å². The molecule has 0 atom stereocenters. The van der Waals surface area contributed by atoms with Crippen LogP contribution >= 0.6 is 0 Å². The Labute approximate surface area is 283 Å². The lowest BCUT2D eigenvalue weighted by atomic mass is 9.98. The first kappa shape index (κ1) is 33.2. The molecule has 3 aromatic carbocycles. The zero-order valence-electron chi connectivity index (χ0n) is 26.4. The number of amides is 3. The Morgan fingerprint density at radius 1 is 0.920 bits per heavy atom. The lowest BCUT2D eigenvalue weighted by molar-refractivity contribution is -0.144. The fourth-order valence-corrected chi connectivity index (χ4v) is 5.65. The molecule has 50 heavy (non-hydrogen) atoms. The molecule has 0 saturated carbocycles. The summed E-state index contributed by atoms with van der Waals surface area (Å²) in [6.45, 7) is -1.40. The number of carboxylic acid groups (broad SMARTS) is 1. The molecule has 0 unspecified atom stereocenters. The number of carbonyl (C=O) groups excluding carboxylic acids is 3. The molecule has 3 amide bonds. The predicted molar refractivity (Wildman–Crippen MR) is 177 cm³/mol. The summed E-state index contributed by atoms with van der Waals surface area (Å²) in [6.07, 6.45) is -0.467. The van der Waals surface area contributed by atoms with Crippen LogP contribution in [-0.4, -0.2) is 84.9 Å². The van der Waals surface area contributed by atoms with E-state index in [4.69, 9.17) is 9.47 Å². The van der Waals surface area contributed by atoms with Crippen LogP contribution in [0.5, 0.6) is 5.75 Å². The summed E-state index contributed by atoms with van der Waals surface area (Å²) >= 11 is 0. The van der Waals surface area contributed by atoms with Gasteiger partial charge in [-0.25, -0.2) is 14.6 Å². The highest BCUT2D eigenvalue weighted by atomic mass is 16.6. The number of nitrogens with one attached hydrogen (secondary N) is 3. The summed E-state index contributed by atoms with van der Waals surface area (Å²) in [5, 5.41) is 23.7. The number of benzene rings is 3. The minimum Gasteiger partial charge on any atom is -0.508 e. The summed E-state index contributed by atoms with van der Waals surface area (Å²) in [5.74, 6) is -2.30. The van der Waals surface area contributed by atoms with Gasteiger partial charge in [-0.2, -0.15) is 4.98 Å². The lowest BCUT2D eigenvalue weighted by Gasteiger charge is -2.21. The molecule has 256 valence electrons. The predicted octanol–water partition coefficient (Wildman–Crippen LogP) is 3.03. The molecule has 1 aliphatic carbocycles. The number of carbonyl (C=O) groups is 4. The molecule has 5 aromatic rings. The number of H-pyrrole nitrogens is 1. The van der Waals surface area contributed by atoms with Crippen LogP contribution in [0.2, 0.25) is 0 Å². The number of carboxylic acids is 1. The molecule has 5 N–H and O–H groups in total. The van der Waals surface area contributed by atoms with E-state index in [9.17, 15) is 34.2 Å². The van der Waals surface area contributed by atoms with Crippen LogP contribution in [0, 0.1) is 0 Å².